The Morgan fingerprint density at radius 1 is 0.892 bits per heavy atom. The van der Waals surface area contributed by atoms with Crippen molar-refractivity contribution >= 4 is 11.9 Å². The maximum atomic E-state index is 13.3. The number of aliphatic carboxylic acids is 1. The van der Waals surface area contributed by atoms with Crippen LogP contribution >= 0.6 is 0 Å². The van der Waals surface area contributed by atoms with Crippen LogP contribution in [0.15, 0.2) is 60.7 Å². The molecule has 0 saturated heterocycles. The van der Waals surface area contributed by atoms with Crippen molar-refractivity contribution in [1.29, 1.82) is 0 Å². The number of esters is 1. The van der Waals surface area contributed by atoms with Gasteiger partial charge in [-0.2, -0.15) is 13.2 Å². The predicted molar refractivity (Wildman–Crippen MR) is 127 cm³/mol. The molecule has 0 aliphatic carbocycles. The van der Waals surface area contributed by atoms with E-state index in [1.807, 2.05) is 0 Å². The van der Waals surface area contributed by atoms with E-state index in [9.17, 15) is 33.0 Å². The molecule has 0 aromatic heterocycles. The zero-order valence-electron chi connectivity index (χ0n) is 20.2. The van der Waals surface area contributed by atoms with E-state index in [0.29, 0.717) is 11.8 Å². The number of carboxylic acid groups (broad SMARTS) is 1. The van der Waals surface area contributed by atoms with Gasteiger partial charge in [0.1, 0.15) is 29.3 Å². The van der Waals surface area contributed by atoms with E-state index in [-0.39, 0.29) is 17.7 Å². The highest BCUT2D eigenvalue weighted by Gasteiger charge is 2.37. The summed E-state index contributed by atoms with van der Waals surface area (Å²) in [7, 11) is 0. The first-order valence-electron chi connectivity index (χ1n) is 11.1. The highest BCUT2D eigenvalue weighted by molar-refractivity contribution is 5.95. The molecule has 0 fully saturated rings. The quantitative estimate of drug-likeness (QED) is 0.342. The van der Waals surface area contributed by atoms with Gasteiger partial charge in [-0.05, 0) is 55.7 Å². The maximum Gasteiger partial charge on any atom is 0.419 e. The molecule has 37 heavy (non-hydrogen) atoms. The summed E-state index contributed by atoms with van der Waals surface area (Å²) in [5, 5.41) is 28.8. The fraction of sp³-hybridized carbons (Fsp3) is 0.259. The Balaban J connectivity index is 1.81. The van der Waals surface area contributed by atoms with Gasteiger partial charge in [0.05, 0.1) is 5.56 Å². The largest absolute Gasteiger partial charge is 0.506 e. The lowest BCUT2D eigenvalue weighted by Gasteiger charge is -2.22. The van der Waals surface area contributed by atoms with Gasteiger partial charge in [-0.1, -0.05) is 42.5 Å². The molecule has 1 unspecified atom stereocenters. The number of alkyl halides is 3. The number of ether oxygens (including phenoxy) is 2. The van der Waals surface area contributed by atoms with E-state index in [4.69, 9.17) is 14.6 Å². The summed E-state index contributed by atoms with van der Waals surface area (Å²) < 4.78 is 50.8. The number of aliphatic hydroxyl groups excluding tert-OH is 1. The van der Waals surface area contributed by atoms with Crippen molar-refractivity contribution in [3.63, 3.8) is 0 Å². The maximum absolute atomic E-state index is 13.3. The van der Waals surface area contributed by atoms with Crippen LogP contribution in [0.2, 0.25) is 0 Å². The van der Waals surface area contributed by atoms with Gasteiger partial charge in [-0.3, -0.25) is 0 Å². The van der Waals surface area contributed by atoms with Crippen LogP contribution in [0.25, 0.3) is 11.1 Å². The SMILES string of the molecule is CC(C)(C)OC(=O)c1c(COc2ccc(-c3ccc(C(O)C(=O)O)cc3)cc2)ccc(C(F)(F)F)c1O. The van der Waals surface area contributed by atoms with Crippen LogP contribution in [-0.4, -0.2) is 32.9 Å². The average molecular weight is 518 g/mol. The highest BCUT2D eigenvalue weighted by atomic mass is 19.4. The second-order valence-electron chi connectivity index (χ2n) is 9.17. The molecule has 3 aromatic rings. The minimum Gasteiger partial charge on any atom is -0.506 e. The third-order valence-electron chi connectivity index (χ3n) is 5.21. The molecule has 196 valence electrons. The fourth-order valence-corrected chi connectivity index (χ4v) is 3.44. The number of benzene rings is 3. The first-order chi connectivity index (χ1) is 17.2. The van der Waals surface area contributed by atoms with Gasteiger partial charge in [0.25, 0.3) is 0 Å². The summed E-state index contributed by atoms with van der Waals surface area (Å²) in [6.45, 7) is 4.33. The zero-order chi connectivity index (χ0) is 27.5. The molecule has 0 spiro atoms. The minimum absolute atomic E-state index is 0.0106. The monoisotopic (exact) mass is 518 g/mol. The Kier molecular flexibility index (Phi) is 7.83. The number of carbonyl (C=O) groups excluding carboxylic acids is 1. The van der Waals surface area contributed by atoms with Crippen molar-refractivity contribution in [2.24, 2.45) is 0 Å². The molecule has 0 aliphatic rings. The Hall–Kier alpha value is -4.05. The van der Waals surface area contributed by atoms with Crippen molar-refractivity contribution in [3.8, 4) is 22.6 Å². The van der Waals surface area contributed by atoms with E-state index in [2.05, 4.69) is 0 Å². The summed E-state index contributed by atoms with van der Waals surface area (Å²) >= 11 is 0. The first kappa shape index (κ1) is 27.5. The normalized spacial score (nSPS) is 12.6. The molecule has 0 heterocycles. The van der Waals surface area contributed by atoms with Crippen molar-refractivity contribution in [3.05, 3.63) is 82.9 Å². The average Bonchev–Trinajstić information content (AvgIpc) is 2.80. The topological polar surface area (TPSA) is 113 Å². The molecular weight excluding hydrogens is 493 g/mol. The second-order valence-corrected chi connectivity index (χ2v) is 9.17. The van der Waals surface area contributed by atoms with Gasteiger partial charge >= 0.3 is 18.1 Å². The zero-order valence-corrected chi connectivity index (χ0v) is 20.2. The summed E-state index contributed by atoms with van der Waals surface area (Å²) in [5.41, 5.74) is -1.24. The van der Waals surface area contributed by atoms with E-state index in [1.54, 1.807) is 57.2 Å². The van der Waals surface area contributed by atoms with Gasteiger partial charge in [0, 0.05) is 5.56 Å². The van der Waals surface area contributed by atoms with Crippen LogP contribution in [0.1, 0.15) is 53.9 Å². The fourth-order valence-electron chi connectivity index (χ4n) is 3.44. The van der Waals surface area contributed by atoms with E-state index >= 15 is 0 Å². The lowest BCUT2D eigenvalue weighted by Crippen LogP contribution is -2.25. The van der Waals surface area contributed by atoms with Gasteiger partial charge in [0.2, 0.25) is 0 Å². The summed E-state index contributed by atoms with van der Waals surface area (Å²) in [6, 6.07) is 14.6. The molecule has 0 aliphatic heterocycles. The Morgan fingerprint density at radius 2 is 1.43 bits per heavy atom. The number of aromatic hydroxyl groups is 1. The number of carbonyl (C=O) groups is 2. The van der Waals surface area contributed by atoms with Crippen molar-refractivity contribution in [1.82, 2.24) is 0 Å². The Morgan fingerprint density at radius 3 is 1.92 bits per heavy atom. The van der Waals surface area contributed by atoms with E-state index in [1.165, 1.54) is 12.1 Å². The van der Waals surface area contributed by atoms with Crippen LogP contribution in [0.3, 0.4) is 0 Å². The molecule has 1 atom stereocenters. The number of carboxylic acids is 1. The van der Waals surface area contributed by atoms with Crippen molar-refractivity contribution in [2.75, 3.05) is 0 Å². The molecular formula is C27H25F3O7. The molecule has 0 bridgehead atoms. The van der Waals surface area contributed by atoms with E-state index in [0.717, 1.165) is 17.2 Å². The standard InChI is InChI=1S/C27H25F3O7/c1-26(2,3)37-25(35)21-18(10-13-20(23(21)32)27(28,29)30)14-36-19-11-8-16(9-12-19)15-4-6-17(7-5-15)22(31)24(33)34/h4-13,22,31-32H,14H2,1-3H3,(H,33,34). The molecule has 0 amide bonds. The molecule has 3 N–H and O–H groups in total. The third-order valence-corrected chi connectivity index (χ3v) is 5.21. The van der Waals surface area contributed by atoms with Crippen LogP contribution < -0.4 is 4.74 Å². The van der Waals surface area contributed by atoms with Crippen LogP contribution in [-0.2, 0) is 22.3 Å². The number of halogens is 3. The summed E-state index contributed by atoms with van der Waals surface area (Å²) in [5.74, 6) is -3.35. The van der Waals surface area contributed by atoms with Crippen molar-refractivity contribution in [2.45, 2.75) is 45.3 Å². The number of phenols is 1. The number of phenolic OH excluding ortho intramolecular Hbond substituents is 1. The van der Waals surface area contributed by atoms with Crippen LogP contribution in [0.5, 0.6) is 11.5 Å². The van der Waals surface area contributed by atoms with Crippen molar-refractivity contribution < 1.29 is 47.6 Å². The summed E-state index contributed by atoms with van der Waals surface area (Å²) in [4.78, 5) is 23.5. The second kappa shape index (κ2) is 10.5. The molecule has 0 saturated carbocycles. The predicted octanol–water partition coefficient (Wildman–Crippen LogP) is 5.73. The lowest BCUT2D eigenvalue weighted by molar-refractivity contribution is -0.147. The molecule has 10 heteroatoms. The van der Waals surface area contributed by atoms with Gasteiger partial charge < -0.3 is 24.8 Å². The van der Waals surface area contributed by atoms with Gasteiger partial charge in [-0.25, -0.2) is 9.59 Å². The third kappa shape index (κ3) is 6.79. The van der Waals surface area contributed by atoms with Crippen LogP contribution in [0.4, 0.5) is 13.2 Å². The van der Waals surface area contributed by atoms with Gasteiger partial charge in [0.15, 0.2) is 6.10 Å². The Bertz CT molecular complexity index is 1280. The number of rotatable bonds is 7. The van der Waals surface area contributed by atoms with Crippen LogP contribution in [0, 0.1) is 0 Å². The first-order valence-corrected chi connectivity index (χ1v) is 11.1. The molecule has 0 radical (unpaired) electrons. The smallest absolute Gasteiger partial charge is 0.419 e. The highest BCUT2D eigenvalue weighted by Crippen LogP contribution is 2.39. The van der Waals surface area contributed by atoms with Gasteiger partial charge in [-0.15, -0.1) is 0 Å². The summed E-state index contributed by atoms with van der Waals surface area (Å²) in [6.07, 6.45) is -6.50. The molecule has 3 aromatic carbocycles. The lowest BCUT2D eigenvalue weighted by atomic mass is 10.0. The molecule has 3 rings (SSSR count). The number of hydrogen-bond donors (Lipinski definition) is 3. The molecule has 7 nitrogen and oxygen atoms in total. The van der Waals surface area contributed by atoms with E-state index < -0.39 is 46.7 Å². The minimum atomic E-state index is -4.88. The number of hydrogen-bond acceptors (Lipinski definition) is 6. The Labute approximate surface area is 210 Å². The number of aliphatic hydroxyl groups is 1.